The lowest BCUT2D eigenvalue weighted by molar-refractivity contribution is 0.00611. The van der Waals surface area contributed by atoms with E-state index in [0.29, 0.717) is 23.5 Å². The second-order valence-electron chi connectivity index (χ2n) is 11.3. The summed E-state index contributed by atoms with van der Waals surface area (Å²) in [6.45, 7) is 5.00. The van der Waals surface area contributed by atoms with Crippen LogP contribution in [-0.4, -0.2) is 88.3 Å². The van der Waals surface area contributed by atoms with Crippen LogP contribution in [0, 0.1) is 10.8 Å². The first-order chi connectivity index (χ1) is 19.1. The Hall–Kier alpha value is -4.39. The largest absolute Gasteiger partial charge is 0.492 e. The number of aliphatic hydroxyl groups excluding tert-OH is 1. The highest BCUT2D eigenvalue weighted by Gasteiger charge is 2.66. The van der Waals surface area contributed by atoms with Gasteiger partial charge in [0, 0.05) is 31.0 Å². The number of aromatic nitrogens is 1. The Morgan fingerprint density at radius 3 is 2.80 bits per heavy atom. The van der Waals surface area contributed by atoms with E-state index in [1.165, 1.54) is 6.20 Å². The highest BCUT2D eigenvalue weighted by atomic mass is 16.5. The van der Waals surface area contributed by atoms with Gasteiger partial charge in [-0.15, -0.1) is 0 Å². The molecule has 5 heterocycles. The summed E-state index contributed by atoms with van der Waals surface area (Å²) < 4.78 is 5.92. The van der Waals surface area contributed by atoms with Gasteiger partial charge in [0.15, 0.2) is 17.6 Å². The molecule has 2 unspecified atom stereocenters. The number of ether oxygens (including phenoxy) is 1. The fraction of sp³-hybridized carbons (Fsp3) is 0.444. The topological polar surface area (TPSA) is 188 Å². The first kappa shape index (κ1) is 25.9. The van der Waals surface area contributed by atoms with Gasteiger partial charge >= 0.3 is 0 Å². The molecule has 4 aliphatic rings. The quantitative estimate of drug-likeness (QED) is 0.243. The lowest BCUT2D eigenvalue weighted by atomic mass is 9.79. The van der Waals surface area contributed by atoms with E-state index in [-0.39, 0.29) is 42.2 Å². The number of hydrogen-bond acceptors (Lipinski definition) is 7. The minimum atomic E-state index is -1.28. The fourth-order valence-corrected chi connectivity index (χ4v) is 6.30. The Balaban J connectivity index is 1.23. The van der Waals surface area contributed by atoms with E-state index in [4.69, 9.17) is 15.6 Å². The molecule has 0 bridgehead atoms. The molecule has 5 atom stereocenters. The third-order valence-corrected chi connectivity index (χ3v) is 8.44. The number of nitrogens with zero attached hydrogens (tertiary/aromatic N) is 2. The third-order valence-electron chi connectivity index (χ3n) is 8.44. The van der Waals surface area contributed by atoms with E-state index >= 15 is 0 Å². The van der Waals surface area contributed by atoms with Crippen LogP contribution in [0.3, 0.4) is 0 Å². The van der Waals surface area contributed by atoms with Crippen molar-refractivity contribution in [3.8, 4) is 5.75 Å². The van der Waals surface area contributed by atoms with E-state index in [9.17, 15) is 14.7 Å². The molecule has 0 aliphatic carbocycles. The van der Waals surface area contributed by atoms with Crippen molar-refractivity contribution in [3.63, 3.8) is 0 Å². The molecule has 0 saturated carbocycles. The number of hydrogen-bond donors (Lipinski definition) is 8. The number of fused-ring (bicyclic) bond motifs is 1. The molecule has 2 amide bonds. The average molecular weight is 548 g/mol. The monoisotopic (exact) mass is 547 g/mol. The number of carbonyl (C=O) groups is 2. The fourth-order valence-electron chi connectivity index (χ4n) is 6.30. The third kappa shape index (κ3) is 3.99. The zero-order valence-corrected chi connectivity index (χ0v) is 22.2. The van der Waals surface area contributed by atoms with Crippen molar-refractivity contribution in [2.45, 2.75) is 55.6 Å². The van der Waals surface area contributed by atoms with Gasteiger partial charge in [-0.2, -0.15) is 0 Å². The summed E-state index contributed by atoms with van der Waals surface area (Å²) in [6.07, 6.45) is 2.70. The predicted molar refractivity (Wildman–Crippen MR) is 145 cm³/mol. The average Bonchev–Trinajstić information content (AvgIpc) is 3.43. The second kappa shape index (κ2) is 9.37. The van der Waals surface area contributed by atoms with Crippen molar-refractivity contribution < 1.29 is 19.4 Å². The van der Waals surface area contributed by atoms with Crippen LogP contribution in [0.5, 0.6) is 5.75 Å². The van der Waals surface area contributed by atoms with Crippen molar-refractivity contribution >= 4 is 23.7 Å². The van der Waals surface area contributed by atoms with Gasteiger partial charge in [0.05, 0.1) is 35.9 Å². The number of para-hydroxylation sites is 1. The Labute approximate surface area is 231 Å². The number of carbonyl (C=O) groups excluding carboxylic acids is 2. The van der Waals surface area contributed by atoms with Crippen LogP contribution < -0.4 is 31.3 Å². The Bertz CT molecular complexity index is 1380. The predicted octanol–water partition coefficient (Wildman–Crippen LogP) is -0.554. The Morgan fingerprint density at radius 2 is 2.02 bits per heavy atom. The minimum absolute atomic E-state index is 0.0128. The van der Waals surface area contributed by atoms with Gasteiger partial charge in [-0.05, 0) is 30.0 Å². The van der Waals surface area contributed by atoms with E-state index in [1.807, 2.05) is 12.1 Å². The maximum absolute atomic E-state index is 13.5. The molecule has 3 fully saturated rings. The van der Waals surface area contributed by atoms with Gasteiger partial charge in [-0.3, -0.25) is 25.4 Å². The first-order valence-corrected chi connectivity index (χ1v) is 13.3. The van der Waals surface area contributed by atoms with Gasteiger partial charge in [0.1, 0.15) is 11.9 Å². The zero-order chi connectivity index (χ0) is 28.2. The molecule has 8 N–H and O–H groups in total. The van der Waals surface area contributed by atoms with Gasteiger partial charge < -0.3 is 41.3 Å². The van der Waals surface area contributed by atoms with E-state index < -0.39 is 29.9 Å². The Kier molecular flexibility index (Phi) is 6.06. The second-order valence-corrected chi connectivity index (χ2v) is 11.3. The molecular weight excluding hydrogens is 514 g/mol. The highest BCUT2D eigenvalue weighted by Crippen LogP contribution is 2.41. The van der Waals surface area contributed by atoms with Gasteiger partial charge in [-0.1, -0.05) is 26.0 Å². The summed E-state index contributed by atoms with van der Waals surface area (Å²) in [5.41, 5.74) is 0.341. The number of rotatable bonds is 5. The number of amides is 2. The number of guanidine groups is 2. The van der Waals surface area contributed by atoms with Crippen LogP contribution in [0.25, 0.3) is 0 Å². The van der Waals surface area contributed by atoms with Crippen LogP contribution >= 0.6 is 0 Å². The van der Waals surface area contributed by atoms with Crippen molar-refractivity contribution in [1.29, 1.82) is 10.8 Å². The zero-order valence-electron chi connectivity index (χ0n) is 22.2. The van der Waals surface area contributed by atoms with Crippen LogP contribution in [-0.2, 0) is 5.41 Å². The molecule has 1 aromatic carbocycles. The molecule has 0 radical (unpaired) electrons. The molecule has 2 aromatic rings. The number of nitrogens with one attached hydrogen (secondary N) is 7. The van der Waals surface area contributed by atoms with E-state index in [1.54, 1.807) is 29.3 Å². The maximum atomic E-state index is 13.5. The molecule has 210 valence electrons. The first-order valence-electron chi connectivity index (χ1n) is 13.3. The molecule has 1 spiro atoms. The highest BCUT2D eigenvalue weighted by molar-refractivity contribution is 5.98. The normalized spacial score (nSPS) is 29.5. The maximum Gasteiger partial charge on any atom is 0.255 e. The summed E-state index contributed by atoms with van der Waals surface area (Å²) in [5, 5.41) is 43.7. The van der Waals surface area contributed by atoms with Gasteiger partial charge in [0.2, 0.25) is 0 Å². The molecule has 40 heavy (non-hydrogen) atoms. The lowest BCUT2D eigenvalue weighted by Gasteiger charge is -2.49. The number of benzene rings is 1. The summed E-state index contributed by atoms with van der Waals surface area (Å²) in [7, 11) is 0. The summed E-state index contributed by atoms with van der Waals surface area (Å²) >= 11 is 0. The van der Waals surface area contributed by atoms with Crippen LogP contribution in [0.2, 0.25) is 0 Å². The standard InChI is InChI=1S/C27H33N9O4/c1-26(2)8-10-40-19-15(6-3-7-16(19)26)23(39)32-18-13-36-25(29)33-17(12-31-22(38)14-5-4-9-30-11-14)20-27(36,21(18)37)35-24(28)34-20/h3-7,9,11,17-18,20-21,37H,8,10,12-13H2,1-2H3,(H2,29,33)(H,31,38)(H,32,39)(H3,28,34,35)/t17-,18?,20-,21+,27?/m0/s1. The summed E-state index contributed by atoms with van der Waals surface area (Å²) in [5.74, 6) is -0.161. The molecule has 13 heteroatoms. The van der Waals surface area contributed by atoms with E-state index in [2.05, 4.69) is 45.4 Å². The minimum Gasteiger partial charge on any atom is -0.492 e. The molecule has 3 saturated heterocycles. The van der Waals surface area contributed by atoms with Crippen molar-refractivity contribution in [3.05, 3.63) is 59.4 Å². The van der Waals surface area contributed by atoms with Crippen LogP contribution in [0.15, 0.2) is 42.7 Å². The van der Waals surface area contributed by atoms with Crippen LogP contribution in [0.4, 0.5) is 0 Å². The molecule has 13 nitrogen and oxygen atoms in total. The van der Waals surface area contributed by atoms with Gasteiger partial charge in [-0.25, -0.2) is 0 Å². The lowest BCUT2D eigenvalue weighted by Crippen LogP contribution is -2.78. The molecule has 4 aliphatic heterocycles. The van der Waals surface area contributed by atoms with Crippen molar-refractivity contribution in [2.75, 3.05) is 19.7 Å². The van der Waals surface area contributed by atoms with E-state index in [0.717, 1.165) is 12.0 Å². The molecule has 6 rings (SSSR count). The van der Waals surface area contributed by atoms with Crippen LogP contribution in [0.1, 0.15) is 46.5 Å². The summed E-state index contributed by atoms with van der Waals surface area (Å²) in [4.78, 5) is 31.8. The Morgan fingerprint density at radius 1 is 1.20 bits per heavy atom. The SMILES string of the molecule is CC1(C)CCOc2c(C(=O)NC3CN4C(=N)N[C@@H](CNC(=O)c5cccnc5)[C@@H]5NC(=N)NC54[C@@H]3O)cccc21. The number of pyridine rings is 1. The molecule has 1 aromatic heterocycles. The van der Waals surface area contributed by atoms with Crippen molar-refractivity contribution in [2.24, 2.45) is 0 Å². The molecular formula is C27H33N9O4. The van der Waals surface area contributed by atoms with Crippen molar-refractivity contribution in [1.82, 2.24) is 36.5 Å². The smallest absolute Gasteiger partial charge is 0.255 e. The summed E-state index contributed by atoms with van der Waals surface area (Å²) in [6, 6.07) is 6.93. The van der Waals surface area contributed by atoms with Gasteiger partial charge in [0.25, 0.3) is 11.8 Å². The number of aliphatic hydroxyl groups is 1.